The number of rotatable bonds is 6. The van der Waals surface area contributed by atoms with E-state index in [0.29, 0.717) is 12.2 Å². The molecular weight excluding hydrogens is 432 g/mol. The van der Waals surface area contributed by atoms with Crippen LogP contribution in [0.2, 0.25) is 0 Å². The Morgan fingerprint density at radius 3 is 2.62 bits per heavy atom. The number of aromatic nitrogens is 1. The molecule has 152 valence electrons. The zero-order valence-electron chi connectivity index (χ0n) is 16.8. The number of amides is 1. The van der Waals surface area contributed by atoms with Gasteiger partial charge in [0.15, 0.2) is 0 Å². The van der Waals surface area contributed by atoms with E-state index in [1.165, 1.54) is 0 Å². The predicted molar refractivity (Wildman–Crippen MR) is 118 cm³/mol. The van der Waals surface area contributed by atoms with Crippen LogP contribution in [0.5, 0.6) is 5.75 Å². The first-order valence-corrected chi connectivity index (χ1v) is 10.3. The maximum Gasteiger partial charge on any atom is 0.407 e. The Bertz CT molecular complexity index is 971. The molecule has 1 N–H and O–H groups in total. The number of fused-ring (bicyclic) bond motifs is 1. The molecule has 29 heavy (non-hydrogen) atoms. The van der Waals surface area contributed by atoms with Crippen molar-refractivity contribution in [1.29, 1.82) is 0 Å². The summed E-state index contributed by atoms with van der Waals surface area (Å²) in [5, 5.41) is 4.87. The van der Waals surface area contributed by atoms with Crippen LogP contribution in [0, 0.1) is 0 Å². The molecule has 0 bridgehead atoms. The topological polar surface area (TPSA) is 60.5 Å². The highest BCUT2D eigenvalue weighted by atomic mass is 79.9. The first-order chi connectivity index (χ1) is 13.8. The summed E-state index contributed by atoms with van der Waals surface area (Å²) in [6.07, 6.45) is 3.23. The Kier molecular flexibility index (Phi) is 6.75. The van der Waals surface area contributed by atoms with Crippen molar-refractivity contribution in [2.75, 3.05) is 6.61 Å². The van der Waals surface area contributed by atoms with Crippen molar-refractivity contribution in [3.8, 4) is 5.75 Å². The molecule has 0 fully saturated rings. The fraction of sp³-hybridized carbons (Fsp3) is 0.304. The Balaban J connectivity index is 1.74. The second kappa shape index (κ2) is 9.27. The number of alkyl carbamates (subject to hydrolysis) is 1. The van der Waals surface area contributed by atoms with Crippen molar-refractivity contribution in [1.82, 2.24) is 10.3 Å². The number of hydrogen-bond donors (Lipinski definition) is 1. The van der Waals surface area contributed by atoms with Gasteiger partial charge in [-0.3, -0.25) is 4.98 Å². The van der Waals surface area contributed by atoms with Crippen LogP contribution >= 0.6 is 15.9 Å². The van der Waals surface area contributed by atoms with Crippen LogP contribution in [0.15, 0.2) is 65.4 Å². The van der Waals surface area contributed by atoms with E-state index in [4.69, 9.17) is 9.47 Å². The maximum atomic E-state index is 12.3. The molecule has 2 aromatic carbocycles. The van der Waals surface area contributed by atoms with Crippen LogP contribution in [0.3, 0.4) is 0 Å². The fourth-order valence-corrected chi connectivity index (χ4v) is 3.51. The standard InChI is InChI=1S/C23H25BrN2O3/c1-23(2,3)26-22(27)29-18(13-16-7-5-4-6-8-16)15-28-20-10-9-17-14-25-12-11-19(17)21(20)24/h4-12,14,18H,13,15H2,1-3H3,(H,26,27)/t18-/m1/s1. The number of carbonyl (C=O) groups excluding carboxylic acids is 1. The number of ether oxygens (including phenoxy) is 2. The van der Waals surface area contributed by atoms with Crippen molar-refractivity contribution in [2.45, 2.75) is 38.8 Å². The van der Waals surface area contributed by atoms with Gasteiger partial charge in [0.25, 0.3) is 0 Å². The summed E-state index contributed by atoms with van der Waals surface area (Å²) >= 11 is 3.62. The highest BCUT2D eigenvalue weighted by molar-refractivity contribution is 9.10. The Hall–Kier alpha value is -2.60. The largest absolute Gasteiger partial charge is 0.489 e. The molecule has 0 aliphatic heterocycles. The summed E-state index contributed by atoms with van der Waals surface area (Å²) in [6, 6.07) is 15.7. The number of hydrogen-bond acceptors (Lipinski definition) is 4. The summed E-state index contributed by atoms with van der Waals surface area (Å²) in [7, 11) is 0. The monoisotopic (exact) mass is 456 g/mol. The fourth-order valence-electron chi connectivity index (χ4n) is 2.90. The molecule has 1 atom stereocenters. The minimum Gasteiger partial charge on any atom is -0.489 e. The molecule has 1 aromatic heterocycles. The van der Waals surface area contributed by atoms with Crippen LogP contribution in [0.4, 0.5) is 4.79 Å². The lowest BCUT2D eigenvalue weighted by Crippen LogP contribution is -2.43. The van der Waals surface area contributed by atoms with E-state index >= 15 is 0 Å². The summed E-state index contributed by atoms with van der Waals surface area (Å²) in [5.74, 6) is 0.696. The van der Waals surface area contributed by atoms with Crippen LogP contribution < -0.4 is 10.1 Å². The first-order valence-electron chi connectivity index (χ1n) is 9.49. The summed E-state index contributed by atoms with van der Waals surface area (Å²) < 4.78 is 12.6. The van der Waals surface area contributed by atoms with Gasteiger partial charge in [-0.1, -0.05) is 30.3 Å². The van der Waals surface area contributed by atoms with E-state index < -0.39 is 12.2 Å². The third-order valence-electron chi connectivity index (χ3n) is 4.20. The SMILES string of the molecule is CC(C)(C)NC(=O)O[C@@H](COc1ccc2cnccc2c1Br)Cc1ccccc1. The quantitative estimate of drug-likeness (QED) is 0.530. The highest BCUT2D eigenvalue weighted by Gasteiger charge is 2.21. The number of carbonyl (C=O) groups is 1. The predicted octanol–water partition coefficient (Wildman–Crippen LogP) is 5.51. The minimum absolute atomic E-state index is 0.238. The average Bonchev–Trinajstić information content (AvgIpc) is 2.67. The second-order valence-electron chi connectivity index (χ2n) is 7.88. The van der Waals surface area contributed by atoms with Crippen molar-refractivity contribution < 1.29 is 14.3 Å². The molecule has 0 aliphatic rings. The van der Waals surface area contributed by atoms with Gasteiger partial charge in [-0.05, 0) is 60.5 Å². The molecule has 0 saturated carbocycles. The third-order valence-corrected chi connectivity index (χ3v) is 5.02. The smallest absolute Gasteiger partial charge is 0.407 e. The summed E-state index contributed by atoms with van der Waals surface area (Å²) in [4.78, 5) is 16.4. The Labute approximate surface area is 179 Å². The molecule has 6 heteroatoms. The van der Waals surface area contributed by atoms with Gasteiger partial charge < -0.3 is 14.8 Å². The van der Waals surface area contributed by atoms with Crippen molar-refractivity contribution in [2.24, 2.45) is 0 Å². The van der Waals surface area contributed by atoms with Crippen LogP contribution in [0.1, 0.15) is 26.3 Å². The van der Waals surface area contributed by atoms with Crippen LogP contribution in [-0.4, -0.2) is 29.3 Å². The van der Waals surface area contributed by atoms with Crippen LogP contribution in [-0.2, 0) is 11.2 Å². The summed E-state index contributed by atoms with van der Waals surface area (Å²) in [6.45, 7) is 5.98. The highest BCUT2D eigenvalue weighted by Crippen LogP contribution is 2.32. The third kappa shape index (κ3) is 6.19. The normalized spacial score (nSPS) is 12.4. The van der Waals surface area contributed by atoms with Crippen molar-refractivity contribution in [3.63, 3.8) is 0 Å². The first kappa shape index (κ1) is 21.1. The van der Waals surface area contributed by atoms with E-state index in [2.05, 4.69) is 26.2 Å². The van der Waals surface area contributed by atoms with E-state index in [0.717, 1.165) is 20.8 Å². The number of benzene rings is 2. The molecule has 3 rings (SSSR count). The second-order valence-corrected chi connectivity index (χ2v) is 8.67. The molecule has 0 radical (unpaired) electrons. The van der Waals surface area contributed by atoms with Gasteiger partial charge in [0.2, 0.25) is 0 Å². The van der Waals surface area contributed by atoms with E-state index in [-0.39, 0.29) is 12.1 Å². The molecule has 0 unspecified atom stereocenters. The zero-order chi connectivity index (χ0) is 20.9. The lowest BCUT2D eigenvalue weighted by Gasteiger charge is -2.24. The molecule has 0 saturated heterocycles. The van der Waals surface area contributed by atoms with E-state index in [9.17, 15) is 4.79 Å². The molecular formula is C23H25BrN2O3. The number of nitrogens with zero attached hydrogens (tertiary/aromatic N) is 1. The average molecular weight is 457 g/mol. The molecule has 0 aliphatic carbocycles. The van der Waals surface area contributed by atoms with Gasteiger partial charge in [-0.2, -0.15) is 0 Å². The van der Waals surface area contributed by atoms with E-state index in [1.807, 2.05) is 75.5 Å². The van der Waals surface area contributed by atoms with Gasteiger partial charge in [-0.25, -0.2) is 4.79 Å². The molecule has 5 nitrogen and oxygen atoms in total. The lowest BCUT2D eigenvalue weighted by atomic mass is 10.1. The van der Waals surface area contributed by atoms with Gasteiger partial charge in [0.1, 0.15) is 18.5 Å². The zero-order valence-corrected chi connectivity index (χ0v) is 18.4. The van der Waals surface area contributed by atoms with Crippen molar-refractivity contribution in [3.05, 3.63) is 71.0 Å². The molecule has 1 amide bonds. The van der Waals surface area contributed by atoms with Gasteiger partial charge in [-0.15, -0.1) is 0 Å². The number of halogens is 1. The van der Waals surface area contributed by atoms with E-state index in [1.54, 1.807) is 6.20 Å². The van der Waals surface area contributed by atoms with Gasteiger partial charge in [0.05, 0.1) is 4.47 Å². The van der Waals surface area contributed by atoms with Gasteiger partial charge >= 0.3 is 6.09 Å². The Morgan fingerprint density at radius 1 is 1.14 bits per heavy atom. The molecule has 0 spiro atoms. The van der Waals surface area contributed by atoms with Gasteiger partial charge in [0, 0.05) is 35.1 Å². The molecule has 1 heterocycles. The molecule has 3 aromatic rings. The van der Waals surface area contributed by atoms with Crippen molar-refractivity contribution >= 4 is 32.8 Å². The van der Waals surface area contributed by atoms with Crippen LogP contribution in [0.25, 0.3) is 10.8 Å². The Morgan fingerprint density at radius 2 is 1.90 bits per heavy atom. The number of pyridine rings is 1. The summed E-state index contributed by atoms with van der Waals surface area (Å²) in [5.41, 5.74) is 0.707. The maximum absolute atomic E-state index is 12.3. The number of nitrogens with one attached hydrogen (secondary N) is 1. The minimum atomic E-state index is -0.453. The lowest BCUT2D eigenvalue weighted by molar-refractivity contribution is 0.0607.